The highest BCUT2D eigenvalue weighted by atomic mass is 35.5. The molecule has 0 aliphatic heterocycles. The second-order valence-corrected chi connectivity index (χ2v) is 4.89. The zero-order chi connectivity index (χ0) is 13.0. The van der Waals surface area contributed by atoms with Crippen LogP contribution in [0.25, 0.3) is 0 Å². The maximum atomic E-state index is 6.21. The van der Waals surface area contributed by atoms with Crippen molar-refractivity contribution in [2.45, 2.75) is 26.4 Å². The van der Waals surface area contributed by atoms with Gasteiger partial charge in [0.15, 0.2) is 0 Å². The van der Waals surface area contributed by atoms with Gasteiger partial charge in [-0.05, 0) is 42.7 Å². The minimum Gasteiger partial charge on any atom is -0.306 e. The van der Waals surface area contributed by atoms with E-state index >= 15 is 0 Å². The van der Waals surface area contributed by atoms with Crippen molar-refractivity contribution in [2.75, 3.05) is 0 Å². The van der Waals surface area contributed by atoms with Crippen molar-refractivity contribution in [3.63, 3.8) is 0 Å². The number of hydrogen-bond donors (Lipinski definition) is 1. The highest BCUT2D eigenvalue weighted by molar-refractivity contribution is 6.31. The van der Waals surface area contributed by atoms with Crippen LogP contribution in [-0.4, -0.2) is 4.98 Å². The molecule has 0 amide bonds. The second kappa shape index (κ2) is 5.98. The average molecular weight is 261 g/mol. The first-order chi connectivity index (χ1) is 8.66. The maximum absolute atomic E-state index is 6.21. The van der Waals surface area contributed by atoms with E-state index in [1.54, 1.807) is 6.20 Å². The summed E-state index contributed by atoms with van der Waals surface area (Å²) >= 11 is 6.21. The molecule has 0 fully saturated rings. The van der Waals surface area contributed by atoms with E-state index in [0.29, 0.717) is 0 Å². The molecule has 1 aromatic heterocycles. The van der Waals surface area contributed by atoms with Crippen molar-refractivity contribution in [2.24, 2.45) is 0 Å². The first kappa shape index (κ1) is 13.1. The normalized spacial score (nSPS) is 12.4. The number of aryl methyl sites for hydroxylation is 1. The average Bonchev–Trinajstić information content (AvgIpc) is 2.38. The Morgan fingerprint density at radius 3 is 2.83 bits per heavy atom. The van der Waals surface area contributed by atoms with Crippen molar-refractivity contribution in [1.82, 2.24) is 10.3 Å². The van der Waals surface area contributed by atoms with Crippen molar-refractivity contribution in [3.8, 4) is 0 Å². The molecule has 0 bridgehead atoms. The molecule has 1 atom stereocenters. The summed E-state index contributed by atoms with van der Waals surface area (Å²) in [6, 6.07) is 10.4. The Labute approximate surface area is 113 Å². The molecule has 0 saturated heterocycles. The predicted molar refractivity (Wildman–Crippen MR) is 75.7 cm³/mol. The molecule has 1 heterocycles. The lowest BCUT2D eigenvalue weighted by Gasteiger charge is -2.14. The third-order valence-corrected chi connectivity index (χ3v) is 3.34. The van der Waals surface area contributed by atoms with Crippen LogP contribution < -0.4 is 5.32 Å². The summed E-state index contributed by atoms with van der Waals surface area (Å²) in [7, 11) is 0. The van der Waals surface area contributed by atoms with Gasteiger partial charge in [0.05, 0.1) is 0 Å². The molecule has 0 saturated carbocycles. The van der Waals surface area contributed by atoms with Gasteiger partial charge in [-0.2, -0.15) is 0 Å². The predicted octanol–water partition coefficient (Wildman–Crippen LogP) is 3.89. The molecule has 18 heavy (non-hydrogen) atoms. The number of aromatic nitrogens is 1. The van der Waals surface area contributed by atoms with Gasteiger partial charge in [-0.15, -0.1) is 0 Å². The highest BCUT2D eigenvalue weighted by Gasteiger charge is 2.06. The molecule has 0 unspecified atom stereocenters. The Bertz CT molecular complexity index is 511. The number of rotatable bonds is 4. The number of benzene rings is 1. The molecule has 0 aliphatic rings. The summed E-state index contributed by atoms with van der Waals surface area (Å²) in [5.74, 6) is 0. The molecular weight excluding hydrogens is 244 g/mol. The van der Waals surface area contributed by atoms with Crippen molar-refractivity contribution >= 4 is 11.6 Å². The topological polar surface area (TPSA) is 24.9 Å². The minimum atomic E-state index is 0.260. The van der Waals surface area contributed by atoms with Crippen LogP contribution in [0.3, 0.4) is 0 Å². The van der Waals surface area contributed by atoms with E-state index in [2.05, 4.69) is 35.4 Å². The zero-order valence-corrected chi connectivity index (χ0v) is 11.4. The van der Waals surface area contributed by atoms with Crippen molar-refractivity contribution < 1.29 is 0 Å². The fraction of sp³-hybridized carbons (Fsp3) is 0.267. The first-order valence-electron chi connectivity index (χ1n) is 6.05. The van der Waals surface area contributed by atoms with Crippen LogP contribution in [0, 0.1) is 6.92 Å². The second-order valence-electron chi connectivity index (χ2n) is 4.48. The van der Waals surface area contributed by atoms with E-state index in [4.69, 9.17) is 11.6 Å². The third kappa shape index (κ3) is 3.31. The molecule has 3 heteroatoms. The van der Waals surface area contributed by atoms with Gasteiger partial charge in [-0.1, -0.05) is 29.8 Å². The minimum absolute atomic E-state index is 0.260. The molecule has 2 nitrogen and oxygen atoms in total. The number of pyridine rings is 1. The summed E-state index contributed by atoms with van der Waals surface area (Å²) in [5, 5.41) is 4.27. The molecule has 0 radical (unpaired) electrons. The lowest BCUT2D eigenvalue weighted by atomic mass is 10.1. The zero-order valence-electron chi connectivity index (χ0n) is 10.7. The first-order valence-corrected chi connectivity index (χ1v) is 6.43. The molecule has 2 aromatic rings. The SMILES string of the molecule is Cc1ccc(CN[C@H](C)c2cccnc2)c(Cl)c1. The quantitative estimate of drug-likeness (QED) is 0.902. The molecule has 2 rings (SSSR count). The van der Waals surface area contributed by atoms with Gasteiger partial charge >= 0.3 is 0 Å². The van der Waals surface area contributed by atoms with E-state index < -0.39 is 0 Å². The van der Waals surface area contributed by atoms with E-state index in [-0.39, 0.29) is 6.04 Å². The highest BCUT2D eigenvalue weighted by Crippen LogP contribution is 2.19. The monoisotopic (exact) mass is 260 g/mol. The summed E-state index contributed by atoms with van der Waals surface area (Å²) in [5.41, 5.74) is 3.49. The Kier molecular flexibility index (Phi) is 4.34. The summed E-state index contributed by atoms with van der Waals surface area (Å²) in [6.45, 7) is 4.93. The van der Waals surface area contributed by atoms with Gasteiger partial charge in [0.25, 0.3) is 0 Å². The van der Waals surface area contributed by atoms with Crippen molar-refractivity contribution in [1.29, 1.82) is 0 Å². The van der Waals surface area contributed by atoms with E-state index in [1.807, 2.05) is 25.3 Å². The van der Waals surface area contributed by atoms with E-state index in [1.165, 1.54) is 11.1 Å². The van der Waals surface area contributed by atoms with Crippen LogP contribution in [0.1, 0.15) is 29.7 Å². The number of hydrogen-bond acceptors (Lipinski definition) is 2. The van der Waals surface area contributed by atoms with Gasteiger partial charge in [-0.3, -0.25) is 4.98 Å². The fourth-order valence-corrected chi connectivity index (χ4v) is 2.11. The standard InChI is InChI=1S/C15H17ClN2/c1-11-5-6-14(15(16)8-11)10-18-12(2)13-4-3-7-17-9-13/h3-9,12,18H,10H2,1-2H3/t12-/m1/s1. The molecule has 0 spiro atoms. The van der Waals surface area contributed by atoms with Crippen LogP contribution in [0.2, 0.25) is 5.02 Å². The van der Waals surface area contributed by atoms with Gasteiger partial charge in [-0.25, -0.2) is 0 Å². The summed E-state index contributed by atoms with van der Waals surface area (Å²) in [6.07, 6.45) is 3.67. The smallest absolute Gasteiger partial charge is 0.0453 e. The fourth-order valence-electron chi connectivity index (χ4n) is 1.81. The Morgan fingerprint density at radius 2 is 2.17 bits per heavy atom. The molecule has 1 N–H and O–H groups in total. The van der Waals surface area contributed by atoms with Crippen LogP contribution >= 0.6 is 11.6 Å². The van der Waals surface area contributed by atoms with Crippen LogP contribution in [-0.2, 0) is 6.54 Å². The van der Waals surface area contributed by atoms with Crippen LogP contribution in [0.4, 0.5) is 0 Å². The molecule has 1 aromatic carbocycles. The van der Waals surface area contributed by atoms with E-state index in [9.17, 15) is 0 Å². The number of nitrogens with zero attached hydrogens (tertiary/aromatic N) is 1. The number of halogens is 1. The molecule has 94 valence electrons. The van der Waals surface area contributed by atoms with Gasteiger partial charge < -0.3 is 5.32 Å². The number of nitrogens with one attached hydrogen (secondary N) is 1. The lowest BCUT2D eigenvalue weighted by Crippen LogP contribution is -2.18. The van der Waals surface area contributed by atoms with Gasteiger partial charge in [0.1, 0.15) is 0 Å². The van der Waals surface area contributed by atoms with Gasteiger partial charge in [0.2, 0.25) is 0 Å². The molecule has 0 aliphatic carbocycles. The Balaban J connectivity index is 1.99. The largest absolute Gasteiger partial charge is 0.306 e. The Hall–Kier alpha value is -1.38. The van der Waals surface area contributed by atoms with Gasteiger partial charge in [0, 0.05) is 30.0 Å². The summed E-state index contributed by atoms with van der Waals surface area (Å²) < 4.78 is 0. The van der Waals surface area contributed by atoms with Crippen LogP contribution in [0.5, 0.6) is 0 Å². The lowest BCUT2D eigenvalue weighted by molar-refractivity contribution is 0.573. The third-order valence-electron chi connectivity index (χ3n) is 2.99. The summed E-state index contributed by atoms with van der Waals surface area (Å²) in [4.78, 5) is 4.12. The molecular formula is C15H17ClN2. The Morgan fingerprint density at radius 1 is 1.33 bits per heavy atom. The van der Waals surface area contributed by atoms with E-state index in [0.717, 1.165) is 17.1 Å². The maximum Gasteiger partial charge on any atom is 0.0453 e. The van der Waals surface area contributed by atoms with Crippen LogP contribution in [0.15, 0.2) is 42.7 Å². The van der Waals surface area contributed by atoms with Crippen molar-refractivity contribution in [3.05, 3.63) is 64.4 Å².